The predicted molar refractivity (Wildman–Crippen MR) is 96.8 cm³/mol. The van der Waals surface area contributed by atoms with Gasteiger partial charge in [0.05, 0.1) is 12.8 Å². The zero-order valence-electron chi connectivity index (χ0n) is 15.2. The number of hydrogen-bond acceptors (Lipinski definition) is 5. The molecule has 0 spiro atoms. The van der Waals surface area contributed by atoms with Gasteiger partial charge in [0, 0.05) is 51.4 Å². The zero-order chi connectivity index (χ0) is 17.9. The Kier molecular flexibility index (Phi) is 5.26. The standard InChI is InChI=1S/C19H28N4O3/c24-18(20-15-5-7-22(8-6-15)16-3-4-16)14-21-9-11-23(12-10-21)19(25)17-2-1-13-26-17/h1-2,13,15-16H,3-12,14H2,(H,20,24). The van der Waals surface area contributed by atoms with E-state index in [2.05, 4.69) is 15.1 Å². The molecule has 1 aromatic rings. The van der Waals surface area contributed by atoms with Gasteiger partial charge in [-0.25, -0.2) is 0 Å². The predicted octanol–water partition coefficient (Wildman–Crippen LogP) is 0.780. The van der Waals surface area contributed by atoms with Crippen LogP contribution >= 0.6 is 0 Å². The first-order chi connectivity index (χ1) is 12.7. The summed E-state index contributed by atoms with van der Waals surface area (Å²) in [6.07, 6.45) is 6.35. The maximum atomic E-state index is 12.3. The van der Waals surface area contributed by atoms with Crippen molar-refractivity contribution in [2.45, 2.75) is 37.8 Å². The fraction of sp³-hybridized carbons (Fsp3) is 0.684. The van der Waals surface area contributed by atoms with Gasteiger partial charge in [0.15, 0.2) is 5.76 Å². The molecule has 3 aliphatic rings. The first kappa shape index (κ1) is 17.5. The fourth-order valence-corrected chi connectivity index (χ4v) is 3.99. The lowest BCUT2D eigenvalue weighted by atomic mass is 10.0. The summed E-state index contributed by atoms with van der Waals surface area (Å²) in [7, 11) is 0. The Balaban J connectivity index is 1.16. The van der Waals surface area contributed by atoms with E-state index in [9.17, 15) is 9.59 Å². The molecule has 2 aliphatic heterocycles. The van der Waals surface area contributed by atoms with E-state index in [1.54, 1.807) is 17.0 Å². The average Bonchev–Trinajstić information content (AvgIpc) is 3.36. The normalized spacial score (nSPS) is 23.2. The quantitative estimate of drug-likeness (QED) is 0.840. The molecule has 0 unspecified atom stereocenters. The summed E-state index contributed by atoms with van der Waals surface area (Å²) < 4.78 is 5.18. The van der Waals surface area contributed by atoms with Crippen molar-refractivity contribution in [1.29, 1.82) is 0 Å². The Bertz CT molecular complexity index is 613. The molecule has 1 N–H and O–H groups in total. The molecule has 4 rings (SSSR count). The minimum absolute atomic E-state index is 0.0680. The fourth-order valence-electron chi connectivity index (χ4n) is 3.99. The van der Waals surface area contributed by atoms with Gasteiger partial charge in [0.2, 0.25) is 5.91 Å². The first-order valence-corrected chi connectivity index (χ1v) is 9.77. The van der Waals surface area contributed by atoms with Crippen LogP contribution in [0.5, 0.6) is 0 Å². The minimum Gasteiger partial charge on any atom is -0.459 e. The number of carbonyl (C=O) groups is 2. The van der Waals surface area contributed by atoms with E-state index in [0.717, 1.165) is 45.1 Å². The summed E-state index contributed by atoms with van der Waals surface area (Å²) in [4.78, 5) is 31.1. The number of hydrogen-bond donors (Lipinski definition) is 1. The van der Waals surface area contributed by atoms with Crippen LogP contribution in [0.2, 0.25) is 0 Å². The summed E-state index contributed by atoms with van der Waals surface area (Å²) in [6.45, 7) is 5.36. The molecule has 7 nitrogen and oxygen atoms in total. The van der Waals surface area contributed by atoms with Crippen LogP contribution in [0.15, 0.2) is 22.8 Å². The van der Waals surface area contributed by atoms with Gasteiger partial charge < -0.3 is 19.5 Å². The average molecular weight is 360 g/mol. The van der Waals surface area contributed by atoms with Gasteiger partial charge in [-0.15, -0.1) is 0 Å². The summed E-state index contributed by atoms with van der Waals surface area (Å²) in [5.41, 5.74) is 0. The van der Waals surface area contributed by atoms with Crippen molar-refractivity contribution in [3.8, 4) is 0 Å². The highest BCUT2D eigenvalue weighted by Gasteiger charge is 2.32. The number of piperidine rings is 1. The Morgan fingerprint density at radius 3 is 2.38 bits per heavy atom. The molecule has 2 saturated heterocycles. The second-order valence-corrected chi connectivity index (χ2v) is 7.65. The maximum Gasteiger partial charge on any atom is 0.289 e. The molecular weight excluding hydrogens is 332 g/mol. The van der Waals surface area contributed by atoms with Crippen LogP contribution < -0.4 is 5.32 Å². The number of nitrogens with zero attached hydrogens (tertiary/aromatic N) is 3. The lowest BCUT2D eigenvalue weighted by molar-refractivity contribution is -0.123. The van der Waals surface area contributed by atoms with Crippen LogP contribution in [0, 0.1) is 0 Å². The molecule has 3 fully saturated rings. The maximum absolute atomic E-state index is 12.3. The molecule has 0 radical (unpaired) electrons. The van der Waals surface area contributed by atoms with Crippen LogP contribution in [-0.2, 0) is 4.79 Å². The van der Waals surface area contributed by atoms with Crippen LogP contribution in [-0.4, -0.2) is 84.4 Å². The Labute approximate surface area is 154 Å². The molecule has 2 amide bonds. The Morgan fingerprint density at radius 2 is 1.77 bits per heavy atom. The third-order valence-electron chi connectivity index (χ3n) is 5.72. The summed E-state index contributed by atoms with van der Waals surface area (Å²) >= 11 is 0. The van der Waals surface area contributed by atoms with Gasteiger partial charge in [0.1, 0.15) is 0 Å². The van der Waals surface area contributed by atoms with Gasteiger partial charge in [-0.3, -0.25) is 14.5 Å². The topological polar surface area (TPSA) is 69.0 Å². The third kappa shape index (κ3) is 4.27. The smallest absolute Gasteiger partial charge is 0.289 e. The highest BCUT2D eigenvalue weighted by atomic mass is 16.3. The van der Waals surface area contributed by atoms with E-state index < -0.39 is 0 Å². The van der Waals surface area contributed by atoms with E-state index >= 15 is 0 Å². The van der Waals surface area contributed by atoms with Crippen molar-refractivity contribution in [3.63, 3.8) is 0 Å². The Hall–Kier alpha value is -1.86. The van der Waals surface area contributed by atoms with Crippen LogP contribution in [0.1, 0.15) is 36.2 Å². The number of piperazine rings is 1. The van der Waals surface area contributed by atoms with Gasteiger partial charge >= 0.3 is 0 Å². The van der Waals surface area contributed by atoms with E-state index in [4.69, 9.17) is 4.42 Å². The number of rotatable bonds is 5. The Morgan fingerprint density at radius 1 is 1.04 bits per heavy atom. The van der Waals surface area contributed by atoms with Gasteiger partial charge in [-0.1, -0.05) is 0 Å². The second kappa shape index (κ2) is 7.80. The largest absolute Gasteiger partial charge is 0.459 e. The highest BCUT2D eigenvalue weighted by molar-refractivity contribution is 5.91. The van der Waals surface area contributed by atoms with Gasteiger partial charge in [-0.05, 0) is 37.8 Å². The van der Waals surface area contributed by atoms with Gasteiger partial charge in [-0.2, -0.15) is 0 Å². The number of furan rings is 1. The lowest BCUT2D eigenvalue weighted by Gasteiger charge is -2.35. The van der Waals surface area contributed by atoms with Crippen molar-refractivity contribution in [2.75, 3.05) is 45.8 Å². The zero-order valence-corrected chi connectivity index (χ0v) is 15.2. The molecule has 26 heavy (non-hydrogen) atoms. The molecule has 1 aliphatic carbocycles. The van der Waals surface area contributed by atoms with Crippen molar-refractivity contribution in [3.05, 3.63) is 24.2 Å². The number of amides is 2. The molecule has 0 atom stereocenters. The SMILES string of the molecule is O=C(CN1CCN(C(=O)c2ccco2)CC1)NC1CCN(C2CC2)CC1. The van der Waals surface area contributed by atoms with E-state index in [1.807, 2.05) is 0 Å². The molecule has 1 saturated carbocycles. The summed E-state index contributed by atoms with van der Waals surface area (Å²) in [5, 5.41) is 3.20. The molecule has 3 heterocycles. The molecule has 0 aromatic carbocycles. The molecule has 0 bridgehead atoms. The lowest BCUT2D eigenvalue weighted by Crippen LogP contribution is -2.52. The molecule has 142 valence electrons. The number of nitrogens with one attached hydrogen (secondary N) is 1. The first-order valence-electron chi connectivity index (χ1n) is 9.77. The van der Waals surface area contributed by atoms with Gasteiger partial charge in [0.25, 0.3) is 5.91 Å². The number of carbonyl (C=O) groups excluding carboxylic acids is 2. The van der Waals surface area contributed by atoms with E-state index in [1.165, 1.54) is 19.1 Å². The molecular formula is C19H28N4O3. The monoisotopic (exact) mass is 360 g/mol. The molecule has 7 heteroatoms. The van der Waals surface area contributed by atoms with Crippen molar-refractivity contribution >= 4 is 11.8 Å². The second-order valence-electron chi connectivity index (χ2n) is 7.65. The minimum atomic E-state index is -0.0680. The van der Waals surface area contributed by atoms with Crippen LogP contribution in [0.4, 0.5) is 0 Å². The van der Waals surface area contributed by atoms with Crippen LogP contribution in [0.25, 0.3) is 0 Å². The highest BCUT2D eigenvalue weighted by Crippen LogP contribution is 2.29. The van der Waals surface area contributed by atoms with Crippen molar-refractivity contribution in [2.24, 2.45) is 0 Å². The van der Waals surface area contributed by atoms with Crippen LogP contribution in [0.3, 0.4) is 0 Å². The number of likely N-dealkylation sites (tertiary alicyclic amines) is 1. The molecule has 1 aromatic heterocycles. The summed E-state index contributed by atoms with van der Waals surface area (Å²) in [5.74, 6) is 0.427. The van der Waals surface area contributed by atoms with Crippen molar-refractivity contribution in [1.82, 2.24) is 20.0 Å². The van der Waals surface area contributed by atoms with E-state index in [-0.39, 0.29) is 11.8 Å². The van der Waals surface area contributed by atoms with Crippen molar-refractivity contribution < 1.29 is 14.0 Å². The van der Waals surface area contributed by atoms with E-state index in [0.29, 0.717) is 31.4 Å². The summed E-state index contributed by atoms with van der Waals surface area (Å²) in [6, 6.07) is 4.56. The third-order valence-corrected chi connectivity index (χ3v) is 5.72.